The molecule has 5 nitrogen and oxygen atoms in total. The fourth-order valence-electron chi connectivity index (χ4n) is 4.15. The van der Waals surface area contributed by atoms with E-state index in [0.29, 0.717) is 6.42 Å². The number of nitrogens with one attached hydrogen (secondary N) is 1. The lowest BCUT2D eigenvalue weighted by atomic mass is 10.1. The smallest absolute Gasteiger partial charge is 0.253 e. The van der Waals surface area contributed by atoms with Gasteiger partial charge < -0.3 is 10.2 Å². The van der Waals surface area contributed by atoms with E-state index >= 15 is 0 Å². The second-order valence-electron chi connectivity index (χ2n) is 8.78. The van der Waals surface area contributed by atoms with E-state index in [-0.39, 0.29) is 11.8 Å². The molecule has 1 aliphatic heterocycles. The summed E-state index contributed by atoms with van der Waals surface area (Å²) in [5.74, 6) is 0.324. The van der Waals surface area contributed by atoms with Crippen molar-refractivity contribution in [1.82, 2.24) is 15.1 Å². The summed E-state index contributed by atoms with van der Waals surface area (Å²) in [5, 5.41) is 3.07. The highest BCUT2D eigenvalue weighted by Crippen LogP contribution is 2.11. The molecule has 0 bridgehead atoms. The number of rotatable bonds is 15. The van der Waals surface area contributed by atoms with Gasteiger partial charge in [0.25, 0.3) is 5.91 Å². The number of hydrogen-bond donors (Lipinski definition) is 1. The molecule has 0 atom stereocenters. The molecular weight excluding hydrogens is 386 g/mol. The topological polar surface area (TPSA) is 52.7 Å². The first-order chi connectivity index (χ1) is 15.2. The third-order valence-corrected chi connectivity index (χ3v) is 6.16. The minimum Gasteiger partial charge on any atom is -0.356 e. The zero-order chi connectivity index (χ0) is 22.2. The fourth-order valence-corrected chi connectivity index (χ4v) is 4.15. The van der Waals surface area contributed by atoms with E-state index in [2.05, 4.69) is 17.1 Å². The van der Waals surface area contributed by atoms with Crippen molar-refractivity contribution in [3.05, 3.63) is 35.9 Å². The highest BCUT2D eigenvalue weighted by Gasteiger charge is 2.21. The molecule has 2 rings (SSSR count). The number of piperazine rings is 1. The molecule has 5 heteroatoms. The van der Waals surface area contributed by atoms with Crippen LogP contribution >= 0.6 is 0 Å². The predicted octanol–water partition coefficient (Wildman–Crippen LogP) is 4.87. The van der Waals surface area contributed by atoms with Gasteiger partial charge in [0.1, 0.15) is 0 Å². The lowest BCUT2D eigenvalue weighted by Crippen LogP contribution is -2.49. The second kappa shape index (κ2) is 15.9. The first kappa shape index (κ1) is 25.4. The molecule has 1 aliphatic rings. The van der Waals surface area contributed by atoms with Crippen LogP contribution in [-0.4, -0.2) is 60.9 Å². The Morgan fingerprint density at radius 2 is 1.42 bits per heavy atom. The molecule has 0 spiro atoms. The quantitative estimate of drug-likeness (QED) is 0.405. The summed E-state index contributed by atoms with van der Waals surface area (Å²) in [7, 11) is 0. The summed E-state index contributed by atoms with van der Waals surface area (Å²) in [4.78, 5) is 28.8. The van der Waals surface area contributed by atoms with Gasteiger partial charge in [0.2, 0.25) is 5.91 Å². The molecule has 0 aromatic heterocycles. The number of carbonyl (C=O) groups excluding carboxylic acids is 2. The minimum atomic E-state index is 0.129. The molecule has 2 amide bonds. The standard InChI is InChI=1S/C26H43N3O2/c1-2-3-4-5-6-7-8-9-13-17-25(30)27-18-14-19-28-20-22-29(23-21-28)26(31)24-15-11-10-12-16-24/h10-12,15-16H,2-9,13-14,17-23H2,1H3,(H,27,30). The van der Waals surface area contributed by atoms with E-state index in [1.165, 1.54) is 51.4 Å². The Bertz CT molecular complexity index is 612. The van der Waals surface area contributed by atoms with Gasteiger partial charge in [-0.3, -0.25) is 14.5 Å². The summed E-state index contributed by atoms with van der Waals surface area (Å²) >= 11 is 0. The van der Waals surface area contributed by atoms with E-state index in [9.17, 15) is 9.59 Å². The Balaban J connectivity index is 1.43. The molecular formula is C26H43N3O2. The Morgan fingerprint density at radius 3 is 2.06 bits per heavy atom. The molecule has 1 aromatic rings. The van der Waals surface area contributed by atoms with Crippen molar-refractivity contribution < 1.29 is 9.59 Å². The molecule has 0 radical (unpaired) electrons. The minimum absolute atomic E-state index is 0.129. The number of nitrogens with zero attached hydrogens (tertiary/aromatic N) is 2. The van der Waals surface area contributed by atoms with Crippen LogP contribution < -0.4 is 5.32 Å². The SMILES string of the molecule is CCCCCCCCCCCC(=O)NCCCN1CCN(C(=O)c2ccccc2)CC1. The second-order valence-corrected chi connectivity index (χ2v) is 8.78. The number of unbranched alkanes of at least 4 members (excludes halogenated alkanes) is 8. The summed E-state index contributed by atoms with van der Waals surface area (Å²) in [5.41, 5.74) is 0.769. The Hall–Kier alpha value is -1.88. The Kier molecular flexibility index (Phi) is 13.0. The van der Waals surface area contributed by atoms with Gasteiger partial charge in [-0.15, -0.1) is 0 Å². The van der Waals surface area contributed by atoms with Crippen LogP contribution in [0.4, 0.5) is 0 Å². The number of benzene rings is 1. The maximum atomic E-state index is 12.5. The van der Waals surface area contributed by atoms with E-state index in [4.69, 9.17) is 0 Å². The summed E-state index contributed by atoms with van der Waals surface area (Å²) in [6, 6.07) is 9.52. The van der Waals surface area contributed by atoms with Crippen molar-refractivity contribution in [3.63, 3.8) is 0 Å². The van der Waals surface area contributed by atoms with E-state index in [0.717, 1.165) is 57.7 Å². The van der Waals surface area contributed by atoms with Crippen LogP contribution in [0.2, 0.25) is 0 Å². The van der Waals surface area contributed by atoms with Crippen molar-refractivity contribution in [3.8, 4) is 0 Å². The normalized spacial score (nSPS) is 14.5. The molecule has 1 saturated heterocycles. The van der Waals surface area contributed by atoms with Gasteiger partial charge in [-0.05, 0) is 31.5 Å². The molecule has 1 fully saturated rings. The monoisotopic (exact) mass is 429 g/mol. The van der Waals surface area contributed by atoms with Crippen molar-refractivity contribution in [1.29, 1.82) is 0 Å². The van der Waals surface area contributed by atoms with E-state index in [1.807, 2.05) is 35.2 Å². The maximum absolute atomic E-state index is 12.5. The van der Waals surface area contributed by atoms with Gasteiger partial charge in [-0.2, -0.15) is 0 Å². The fraction of sp³-hybridized carbons (Fsp3) is 0.692. The van der Waals surface area contributed by atoms with E-state index < -0.39 is 0 Å². The summed E-state index contributed by atoms with van der Waals surface area (Å²) in [6.45, 7) is 7.35. The van der Waals surface area contributed by atoms with Crippen molar-refractivity contribution in [2.45, 2.75) is 77.6 Å². The summed E-state index contributed by atoms with van der Waals surface area (Å²) < 4.78 is 0. The molecule has 174 valence electrons. The van der Waals surface area contributed by atoms with Gasteiger partial charge >= 0.3 is 0 Å². The van der Waals surface area contributed by atoms with Crippen molar-refractivity contribution in [2.75, 3.05) is 39.3 Å². The highest BCUT2D eigenvalue weighted by atomic mass is 16.2. The molecule has 31 heavy (non-hydrogen) atoms. The van der Waals surface area contributed by atoms with Crippen LogP contribution in [0.5, 0.6) is 0 Å². The van der Waals surface area contributed by atoms with Crippen LogP contribution in [0.3, 0.4) is 0 Å². The van der Waals surface area contributed by atoms with Gasteiger partial charge in [0.15, 0.2) is 0 Å². The lowest BCUT2D eigenvalue weighted by Gasteiger charge is -2.34. The number of hydrogen-bond acceptors (Lipinski definition) is 3. The van der Waals surface area contributed by atoms with Crippen LogP contribution in [0.1, 0.15) is 87.9 Å². The molecule has 0 unspecified atom stereocenters. The highest BCUT2D eigenvalue weighted by molar-refractivity contribution is 5.94. The largest absolute Gasteiger partial charge is 0.356 e. The van der Waals surface area contributed by atoms with Gasteiger partial charge in [-0.1, -0.05) is 76.5 Å². The zero-order valence-corrected chi connectivity index (χ0v) is 19.6. The third kappa shape index (κ3) is 10.8. The van der Waals surface area contributed by atoms with Crippen molar-refractivity contribution in [2.24, 2.45) is 0 Å². The Morgan fingerprint density at radius 1 is 0.806 bits per heavy atom. The van der Waals surface area contributed by atoms with Crippen molar-refractivity contribution >= 4 is 11.8 Å². The Labute approximate surface area is 189 Å². The van der Waals surface area contributed by atoms with E-state index in [1.54, 1.807) is 0 Å². The van der Waals surface area contributed by atoms with Gasteiger partial charge in [0, 0.05) is 44.7 Å². The summed E-state index contributed by atoms with van der Waals surface area (Å²) in [6.07, 6.45) is 13.2. The zero-order valence-electron chi connectivity index (χ0n) is 19.6. The van der Waals surface area contributed by atoms with Crippen LogP contribution in [-0.2, 0) is 4.79 Å². The molecule has 0 saturated carbocycles. The predicted molar refractivity (Wildman–Crippen MR) is 128 cm³/mol. The maximum Gasteiger partial charge on any atom is 0.253 e. The van der Waals surface area contributed by atoms with Crippen LogP contribution in [0.25, 0.3) is 0 Å². The van der Waals surface area contributed by atoms with Crippen LogP contribution in [0, 0.1) is 0 Å². The first-order valence-corrected chi connectivity index (χ1v) is 12.5. The van der Waals surface area contributed by atoms with Gasteiger partial charge in [-0.25, -0.2) is 0 Å². The average Bonchev–Trinajstić information content (AvgIpc) is 2.81. The number of amides is 2. The average molecular weight is 430 g/mol. The molecule has 1 aromatic carbocycles. The molecule has 1 heterocycles. The molecule has 0 aliphatic carbocycles. The first-order valence-electron chi connectivity index (χ1n) is 12.5. The molecule has 1 N–H and O–H groups in total. The lowest BCUT2D eigenvalue weighted by molar-refractivity contribution is -0.121. The van der Waals surface area contributed by atoms with Gasteiger partial charge in [0.05, 0.1) is 0 Å². The third-order valence-electron chi connectivity index (χ3n) is 6.16. The number of carbonyl (C=O) groups is 2. The van der Waals surface area contributed by atoms with Crippen LogP contribution in [0.15, 0.2) is 30.3 Å².